The van der Waals surface area contributed by atoms with Crippen molar-refractivity contribution < 1.29 is 8.78 Å². The SMILES string of the molecule is Cl.Cl.Fc1cccc(CC[C@H]2CN(C3=Nc4ccc(F)cc4Nc4sc5ccccc5c43)CCN2)c1. The lowest BCUT2D eigenvalue weighted by Gasteiger charge is -2.36. The predicted molar refractivity (Wildman–Crippen MR) is 150 cm³/mol. The summed E-state index contributed by atoms with van der Waals surface area (Å²) in [5.41, 5.74) is 3.50. The van der Waals surface area contributed by atoms with Gasteiger partial charge >= 0.3 is 0 Å². The van der Waals surface area contributed by atoms with Crippen molar-refractivity contribution in [2.75, 3.05) is 25.0 Å². The summed E-state index contributed by atoms with van der Waals surface area (Å²) < 4.78 is 28.8. The van der Waals surface area contributed by atoms with Crippen LogP contribution in [0.1, 0.15) is 17.5 Å². The van der Waals surface area contributed by atoms with E-state index in [0.29, 0.717) is 5.69 Å². The molecule has 0 aliphatic carbocycles. The number of benzene rings is 3. The highest BCUT2D eigenvalue weighted by Gasteiger charge is 2.29. The molecule has 1 saturated heterocycles. The van der Waals surface area contributed by atoms with Gasteiger partial charge in [0.15, 0.2) is 0 Å². The van der Waals surface area contributed by atoms with Gasteiger partial charge < -0.3 is 15.5 Å². The van der Waals surface area contributed by atoms with Crippen molar-refractivity contribution in [3.05, 3.63) is 89.5 Å². The lowest BCUT2D eigenvalue weighted by Crippen LogP contribution is -2.52. The summed E-state index contributed by atoms with van der Waals surface area (Å²) in [6, 6.07) is 20.1. The first-order valence-electron chi connectivity index (χ1n) is 11.5. The van der Waals surface area contributed by atoms with Gasteiger partial charge in [0.05, 0.1) is 16.9 Å². The van der Waals surface area contributed by atoms with Crippen LogP contribution in [-0.2, 0) is 6.42 Å². The minimum atomic E-state index is -0.285. The zero-order valence-corrected chi connectivity index (χ0v) is 21.8. The molecule has 1 atom stereocenters. The maximum Gasteiger partial charge on any atom is 0.140 e. The van der Waals surface area contributed by atoms with Gasteiger partial charge in [-0.05, 0) is 54.8 Å². The molecule has 4 nitrogen and oxygen atoms in total. The fourth-order valence-electron chi connectivity index (χ4n) is 4.83. The smallest absolute Gasteiger partial charge is 0.140 e. The van der Waals surface area contributed by atoms with Crippen LogP contribution in [-0.4, -0.2) is 36.4 Å². The van der Waals surface area contributed by atoms with Crippen LogP contribution in [0.4, 0.5) is 25.2 Å². The molecule has 3 heterocycles. The van der Waals surface area contributed by atoms with Crippen molar-refractivity contribution in [1.29, 1.82) is 0 Å². The monoisotopic (exact) mass is 546 g/mol. The first kappa shape index (κ1) is 26.4. The maximum atomic E-state index is 14.0. The zero-order chi connectivity index (χ0) is 23.1. The Labute approximate surface area is 225 Å². The van der Waals surface area contributed by atoms with Crippen molar-refractivity contribution in [2.24, 2.45) is 4.99 Å². The fraction of sp³-hybridized carbons (Fsp3) is 0.222. The third-order valence-corrected chi connectivity index (χ3v) is 7.56. The van der Waals surface area contributed by atoms with Gasteiger partial charge in [-0.15, -0.1) is 36.2 Å². The highest BCUT2D eigenvalue weighted by molar-refractivity contribution is 7.23. The van der Waals surface area contributed by atoms with E-state index in [1.165, 1.54) is 22.9 Å². The second-order valence-corrected chi connectivity index (χ2v) is 9.84. The molecule has 188 valence electrons. The Balaban J connectivity index is 0.00000152. The van der Waals surface area contributed by atoms with Crippen molar-refractivity contribution in [3.8, 4) is 0 Å². The quantitative estimate of drug-likeness (QED) is 0.288. The van der Waals surface area contributed by atoms with Gasteiger partial charge in [-0.1, -0.05) is 30.3 Å². The highest BCUT2D eigenvalue weighted by atomic mass is 35.5. The van der Waals surface area contributed by atoms with Crippen molar-refractivity contribution in [2.45, 2.75) is 18.9 Å². The standard InChI is InChI=1S/C27H24F2N4S.2ClH/c28-18-5-3-4-17(14-18)8-10-20-16-33(13-12-30-20)26-25-21-6-1-2-7-24(21)34-27(25)32-23-15-19(29)9-11-22(23)31-26;;/h1-7,9,11,14-15,20,30,32H,8,10,12-13,16H2;2*1H/t20-;;/m0../s1. The Kier molecular flexibility index (Phi) is 8.15. The number of hydrogen-bond acceptors (Lipinski definition) is 5. The predicted octanol–water partition coefficient (Wildman–Crippen LogP) is 7.07. The van der Waals surface area contributed by atoms with Gasteiger partial charge in [0.25, 0.3) is 0 Å². The molecule has 4 aromatic rings. The summed E-state index contributed by atoms with van der Waals surface area (Å²) in [5.74, 6) is 0.442. The highest BCUT2D eigenvalue weighted by Crippen LogP contribution is 2.43. The van der Waals surface area contributed by atoms with Crippen LogP contribution in [0.25, 0.3) is 10.1 Å². The Morgan fingerprint density at radius 2 is 1.81 bits per heavy atom. The lowest BCUT2D eigenvalue weighted by molar-refractivity contribution is 0.282. The van der Waals surface area contributed by atoms with Gasteiger partial charge in [-0.3, -0.25) is 0 Å². The Morgan fingerprint density at radius 3 is 2.67 bits per heavy atom. The van der Waals surface area contributed by atoms with E-state index in [1.54, 1.807) is 29.5 Å². The molecule has 3 aromatic carbocycles. The molecular weight excluding hydrogens is 521 g/mol. The number of nitrogens with zero attached hydrogens (tertiary/aromatic N) is 2. The van der Waals surface area contributed by atoms with E-state index in [0.717, 1.165) is 65.5 Å². The normalized spacial score (nSPS) is 16.6. The molecule has 0 radical (unpaired) electrons. The Bertz CT molecular complexity index is 1410. The largest absolute Gasteiger partial charge is 0.353 e. The molecule has 9 heteroatoms. The van der Waals surface area contributed by atoms with E-state index < -0.39 is 0 Å². The van der Waals surface area contributed by atoms with Crippen LogP contribution >= 0.6 is 36.2 Å². The summed E-state index contributed by atoms with van der Waals surface area (Å²) in [6.07, 6.45) is 1.72. The van der Waals surface area contributed by atoms with E-state index in [9.17, 15) is 8.78 Å². The Morgan fingerprint density at radius 1 is 0.972 bits per heavy atom. The van der Waals surface area contributed by atoms with Crippen molar-refractivity contribution >= 4 is 68.4 Å². The van der Waals surface area contributed by atoms with E-state index in [1.807, 2.05) is 18.2 Å². The van der Waals surface area contributed by atoms with Crippen LogP contribution in [0.5, 0.6) is 0 Å². The molecule has 6 rings (SSSR count). The van der Waals surface area contributed by atoms with Crippen LogP contribution < -0.4 is 10.6 Å². The molecule has 0 amide bonds. The average molecular weight is 548 g/mol. The molecule has 2 aliphatic rings. The molecule has 36 heavy (non-hydrogen) atoms. The van der Waals surface area contributed by atoms with E-state index in [2.05, 4.69) is 27.7 Å². The van der Waals surface area contributed by atoms with Gasteiger partial charge in [-0.25, -0.2) is 13.8 Å². The van der Waals surface area contributed by atoms with Crippen molar-refractivity contribution in [3.63, 3.8) is 0 Å². The summed E-state index contributed by atoms with van der Waals surface area (Å²) in [7, 11) is 0. The van der Waals surface area contributed by atoms with Crippen LogP contribution in [0, 0.1) is 11.6 Å². The van der Waals surface area contributed by atoms with Gasteiger partial charge in [0.2, 0.25) is 0 Å². The summed E-state index contributed by atoms with van der Waals surface area (Å²) in [4.78, 5) is 7.41. The molecule has 2 N–H and O–H groups in total. The third-order valence-electron chi connectivity index (χ3n) is 6.48. The molecule has 1 aromatic heterocycles. The fourth-order valence-corrected chi connectivity index (χ4v) is 5.94. The first-order valence-corrected chi connectivity index (χ1v) is 12.4. The minimum absolute atomic E-state index is 0. The summed E-state index contributed by atoms with van der Waals surface area (Å²) >= 11 is 1.67. The minimum Gasteiger partial charge on any atom is -0.353 e. The number of halogens is 4. The van der Waals surface area contributed by atoms with Crippen LogP contribution in [0.3, 0.4) is 0 Å². The number of hydrogen-bond donors (Lipinski definition) is 2. The molecule has 0 unspecified atom stereocenters. The number of aliphatic imine (C=N–C) groups is 1. The lowest BCUT2D eigenvalue weighted by atomic mass is 10.0. The zero-order valence-electron chi connectivity index (χ0n) is 19.3. The number of piperazine rings is 1. The number of amidine groups is 1. The summed E-state index contributed by atoms with van der Waals surface area (Å²) in [5, 5.41) is 9.20. The number of rotatable bonds is 3. The van der Waals surface area contributed by atoms with Gasteiger partial charge in [0, 0.05) is 35.8 Å². The first-order chi connectivity index (χ1) is 16.6. The second kappa shape index (κ2) is 11.1. The average Bonchev–Trinajstić information content (AvgIpc) is 3.12. The molecule has 1 fully saturated rings. The number of thiophene rings is 1. The van der Waals surface area contributed by atoms with E-state index >= 15 is 0 Å². The molecule has 0 spiro atoms. The molecule has 0 bridgehead atoms. The number of nitrogens with one attached hydrogen (secondary N) is 2. The second-order valence-electron chi connectivity index (χ2n) is 8.79. The van der Waals surface area contributed by atoms with E-state index in [-0.39, 0.29) is 42.5 Å². The number of fused-ring (bicyclic) bond motifs is 4. The maximum absolute atomic E-state index is 14.0. The van der Waals surface area contributed by atoms with E-state index in [4.69, 9.17) is 4.99 Å². The Hall–Kier alpha value is -2.71. The van der Waals surface area contributed by atoms with Crippen LogP contribution in [0.15, 0.2) is 71.7 Å². The topological polar surface area (TPSA) is 39.7 Å². The number of aryl methyl sites for hydroxylation is 1. The summed E-state index contributed by atoms with van der Waals surface area (Å²) in [6.45, 7) is 2.47. The molecular formula is C27H26Cl2F2N4S. The van der Waals surface area contributed by atoms with Gasteiger partial charge in [0.1, 0.15) is 22.5 Å². The third kappa shape index (κ3) is 5.20. The number of anilines is 2. The van der Waals surface area contributed by atoms with Gasteiger partial charge in [-0.2, -0.15) is 0 Å². The van der Waals surface area contributed by atoms with Crippen LogP contribution in [0.2, 0.25) is 0 Å². The molecule has 2 aliphatic heterocycles. The molecule has 0 saturated carbocycles. The van der Waals surface area contributed by atoms with Crippen molar-refractivity contribution in [1.82, 2.24) is 10.2 Å².